The van der Waals surface area contributed by atoms with Crippen LogP contribution < -0.4 is 0 Å². The van der Waals surface area contributed by atoms with Gasteiger partial charge < -0.3 is 5.11 Å². The molecule has 0 radical (unpaired) electrons. The zero-order valence-corrected chi connectivity index (χ0v) is 10.7. The topological polar surface area (TPSA) is 57.6 Å². The number of halogens is 1. The van der Waals surface area contributed by atoms with Gasteiger partial charge >= 0.3 is 0 Å². The number of imide groups is 1. The number of carbonyl (C=O) groups is 2. The molecule has 1 aromatic rings. The maximum Gasteiger partial charge on any atom is 0.232 e. The first-order chi connectivity index (χ1) is 8.50. The van der Waals surface area contributed by atoms with Crippen molar-refractivity contribution in [3.05, 3.63) is 34.9 Å². The molecule has 4 nitrogen and oxygen atoms in total. The van der Waals surface area contributed by atoms with Crippen molar-refractivity contribution in [1.29, 1.82) is 0 Å². The molecule has 0 aliphatic carbocycles. The summed E-state index contributed by atoms with van der Waals surface area (Å²) in [5, 5.41) is 10.5. The predicted molar refractivity (Wildman–Crippen MR) is 66.9 cm³/mol. The smallest absolute Gasteiger partial charge is 0.232 e. The van der Waals surface area contributed by atoms with Crippen molar-refractivity contribution in [2.75, 3.05) is 6.54 Å². The molecular formula is C13H14ClNO3. The van der Waals surface area contributed by atoms with Crippen LogP contribution in [0.25, 0.3) is 0 Å². The summed E-state index contributed by atoms with van der Waals surface area (Å²) in [7, 11) is 0. The van der Waals surface area contributed by atoms with Gasteiger partial charge in [0.1, 0.15) is 0 Å². The molecule has 2 unspecified atom stereocenters. The molecule has 0 aromatic heterocycles. The number of likely N-dealkylation sites (tertiary alicyclic amines) is 1. The summed E-state index contributed by atoms with van der Waals surface area (Å²) in [6.07, 6.45) is -0.731. The Morgan fingerprint density at radius 3 is 2.67 bits per heavy atom. The molecule has 2 rings (SSSR count). The maximum absolute atomic E-state index is 11.7. The van der Waals surface area contributed by atoms with Crippen LogP contribution in [0.4, 0.5) is 0 Å². The minimum atomic E-state index is -0.947. The molecule has 1 heterocycles. The van der Waals surface area contributed by atoms with Crippen molar-refractivity contribution >= 4 is 23.4 Å². The summed E-state index contributed by atoms with van der Waals surface area (Å²) in [4.78, 5) is 24.4. The third-order valence-corrected chi connectivity index (χ3v) is 3.43. The summed E-state index contributed by atoms with van der Waals surface area (Å²) < 4.78 is 0. The van der Waals surface area contributed by atoms with E-state index < -0.39 is 6.10 Å². The highest BCUT2D eigenvalue weighted by Gasteiger charge is 2.36. The molecule has 0 spiro atoms. The van der Waals surface area contributed by atoms with Gasteiger partial charge in [0.25, 0.3) is 0 Å². The van der Waals surface area contributed by atoms with Gasteiger partial charge in [-0.2, -0.15) is 0 Å². The number of aliphatic hydroxyl groups is 1. The highest BCUT2D eigenvalue weighted by molar-refractivity contribution is 6.31. The number of rotatable bonds is 3. The highest BCUT2D eigenvalue weighted by atomic mass is 35.5. The Balaban J connectivity index is 2.13. The molecule has 1 N–H and O–H groups in total. The fraction of sp³-hybridized carbons (Fsp3) is 0.385. The van der Waals surface area contributed by atoms with E-state index in [1.807, 2.05) is 0 Å². The molecule has 2 atom stereocenters. The number of aliphatic hydroxyl groups excluding tert-OH is 1. The van der Waals surface area contributed by atoms with E-state index in [1.54, 1.807) is 31.2 Å². The van der Waals surface area contributed by atoms with E-state index in [1.165, 1.54) is 0 Å². The second kappa shape index (κ2) is 5.08. The normalized spacial score (nSPS) is 21.5. The maximum atomic E-state index is 11.7. The molecule has 2 amide bonds. The second-order valence-corrected chi connectivity index (χ2v) is 4.89. The number of β-amino-alcohol motifs (C(OH)–C–C–N with tert-alkyl or cyclic N) is 1. The highest BCUT2D eigenvalue weighted by Crippen LogP contribution is 2.26. The second-order valence-electron chi connectivity index (χ2n) is 4.49. The van der Waals surface area contributed by atoms with E-state index in [-0.39, 0.29) is 30.7 Å². The summed E-state index contributed by atoms with van der Waals surface area (Å²) >= 11 is 5.96. The number of benzene rings is 1. The van der Waals surface area contributed by atoms with Gasteiger partial charge in [-0.1, -0.05) is 36.7 Å². The van der Waals surface area contributed by atoms with Crippen molar-refractivity contribution in [3.63, 3.8) is 0 Å². The van der Waals surface area contributed by atoms with Crippen molar-refractivity contribution in [2.45, 2.75) is 19.4 Å². The number of hydrogen-bond acceptors (Lipinski definition) is 3. The van der Waals surface area contributed by atoms with Crippen molar-refractivity contribution < 1.29 is 14.7 Å². The Bertz CT molecular complexity index is 489. The van der Waals surface area contributed by atoms with Crippen LogP contribution in [-0.4, -0.2) is 28.4 Å². The molecule has 5 heteroatoms. The van der Waals surface area contributed by atoms with E-state index in [4.69, 9.17) is 11.6 Å². The Morgan fingerprint density at radius 2 is 2.11 bits per heavy atom. The molecular weight excluding hydrogens is 254 g/mol. The lowest BCUT2D eigenvalue weighted by atomic mass is 10.1. The molecule has 1 saturated heterocycles. The molecule has 1 aliphatic rings. The average molecular weight is 268 g/mol. The van der Waals surface area contributed by atoms with E-state index in [0.29, 0.717) is 10.6 Å². The zero-order valence-electron chi connectivity index (χ0n) is 9.97. The van der Waals surface area contributed by atoms with E-state index in [0.717, 1.165) is 4.90 Å². The fourth-order valence-corrected chi connectivity index (χ4v) is 2.32. The molecule has 96 valence electrons. The van der Waals surface area contributed by atoms with Gasteiger partial charge in [0.2, 0.25) is 11.8 Å². The minimum Gasteiger partial charge on any atom is -0.386 e. The molecule has 1 fully saturated rings. The Kier molecular flexibility index (Phi) is 3.68. The fourth-order valence-electron chi connectivity index (χ4n) is 2.06. The van der Waals surface area contributed by atoms with Crippen LogP contribution in [0.1, 0.15) is 25.0 Å². The first-order valence-electron chi connectivity index (χ1n) is 5.77. The van der Waals surface area contributed by atoms with E-state index >= 15 is 0 Å². The van der Waals surface area contributed by atoms with Crippen LogP contribution in [0.2, 0.25) is 5.02 Å². The standard InChI is InChI=1S/C13H14ClNO3/c1-8-6-12(17)15(13(8)18)7-11(16)9-4-2-3-5-10(9)14/h2-5,8,11,16H,6-7H2,1H3. The van der Waals surface area contributed by atoms with Crippen LogP contribution in [0.15, 0.2) is 24.3 Å². The Labute approximate surface area is 110 Å². The lowest BCUT2D eigenvalue weighted by Crippen LogP contribution is -2.34. The SMILES string of the molecule is CC1CC(=O)N(CC(O)c2ccccc2Cl)C1=O. The number of carbonyl (C=O) groups excluding carboxylic acids is 2. The van der Waals surface area contributed by atoms with Crippen LogP contribution in [-0.2, 0) is 9.59 Å². The number of nitrogens with zero attached hydrogens (tertiary/aromatic N) is 1. The van der Waals surface area contributed by atoms with Gasteiger partial charge in [-0.25, -0.2) is 0 Å². The summed E-state index contributed by atoms with van der Waals surface area (Å²) in [5.74, 6) is -0.763. The van der Waals surface area contributed by atoms with Gasteiger partial charge in [0.15, 0.2) is 0 Å². The monoisotopic (exact) mass is 267 g/mol. The Hall–Kier alpha value is -1.39. The summed E-state index contributed by atoms with van der Waals surface area (Å²) in [5.41, 5.74) is 0.527. The lowest BCUT2D eigenvalue weighted by Gasteiger charge is -2.19. The third kappa shape index (κ3) is 2.40. The average Bonchev–Trinajstić information content (AvgIpc) is 2.56. The minimum absolute atomic E-state index is 0.0360. The molecule has 0 bridgehead atoms. The van der Waals surface area contributed by atoms with Gasteiger partial charge in [-0.05, 0) is 6.07 Å². The van der Waals surface area contributed by atoms with Gasteiger partial charge in [0, 0.05) is 22.9 Å². The van der Waals surface area contributed by atoms with Gasteiger partial charge in [0.05, 0.1) is 12.6 Å². The van der Waals surface area contributed by atoms with Crippen molar-refractivity contribution in [2.24, 2.45) is 5.92 Å². The largest absolute Gasteiger partial charge is 0.386 e. The van der Waals surface area contributed by atoms with Crippen LogP contribution in [0.5, 0.6) is 0 Å². The molecule has 1 aliphatic heterocycles. The van der Waals surface area contributed by atoms with Crippen molar-refractivity contribution in [3.8, 4) is 0 Å². The molecule has 1 aromatic carbocycles. The first kappa shape index (κ1) is 13.1. The number of amides is 2. The van der Waals surface area contributed by atoms with E-state index in [9.17, 15) is 14.7 Å². The third-order valence-electron chi connectivity index (χ3n) is 3.09. The Morgan fingerprint density at radius 1 is 1.44 bits per heavy atom. The predicted octanol–water partition coefficient (Wildman–Crippen LogP) is 1.77. The van der Waals surface area contributed by atoms with Crippen molar-refractivity contribution in [1.82, 2.24) is 4.90 Å². The van der Waals surface area contributed by atoms with Crippen LogP contribution in [0, 0.1) is 5.92 Å². The number of hydrogen-bond donors (Lipinski definition) is 1. The molecule has 18 heavy (non-hydrogen) atoms. The first-order valence-corrected chi connectivity index (χ1v) is 6.15. The molecule has 0 saturated carbocycles. The van der Waals surface area contributed by atoms with Crippen LogP contribution >= 0.6 is 11.6 Å². The van der Waals surface area contributed by atoms with Gasteiger partial charge in [-0.3, -0.25) is 14.5 Å². The zero-order chi connectivity index (χ0) is 13.3. The summed E-state index contributed by atoms with van der Waals surface area (Å²) in [6, 6.07) is 6.85. The van der Waals surface area contributed by atoms with E-state index in [2.05, 4.69) is 0 Å². The van der Waals surface area contributed by atoms with Gasteiger partial charge in [-0.15, -0.1) is 0 Å². The summed E-state index contributed by atoms with van der Waals surface area (Å²) in [6.45, 7) is 1.67. The lowest BCUT2D eigenvalue weighted by molar-refractivity contribution is -0.140. The quantitative estimate of drug-likeness (QED) is 0.849. The van der Waals surface area contributed by atoms with Crippen LogP contribution in [0.3, 0.4) is 0 Å².